The number of rotatable bonds is 4. The number of methoxy groups -OCH3 is 1. The number of fused-ring (bicyclic) bond motifs is 1. The first kappa shape index (κ1) is 13.8. The molecule has 21 heavy (non-hydrogen) atoms. The average Bonchev–Trinajstić information content (AvgIpc) is 3.01. The molecular weight excluding hydrogens is 282 g/mol. The number of hydrogen-bond acceptors (Lipinski definition) is 4. The monoisotopic (exact) mass is 297 g/mol. The zero-order chi connectivity index (χ0) is 14.7. The SMILES string of the molecule is COC(=O)CCc1csc(-c2ccc3ccccc3c2)n1. The molecule has 0 aliphatic heterocycles. The molecule has 0 radical (unpaired) electrons. The smallest absolute Gasteiger partial charge is 0.305 e. The van der Waals surface area contributed by atoms with Crippen LogP contribution in [0.15, 0.2) is 47.8 Å². The van der Waals surface area contributed by atoms with E-state index in [9.17, 15) is 4.79 Å². The second-order valence-electron chi connectivity index (χ2n) is 4.78. The normalized spacial score (nSPS) is 10.7. The second kappa shape index (κ2) is 6.06. The first-order valence-electron chi connectivity index (χ1n) is 6.76. The van der Waals surface area contributed by atoms with E-state index in [-0.39, 0.29) is 5.97 Å². The fourth-order valence-electron chi connectivity index (χ4n) is 2.21. The van der Waals surface area contributed by atoms with Gasteiger partial charge in [-0.3, -0.25) is 4.79 Å². The van der Waals surface area contributed by atoms with Crippen molar-refractivity contribution in [1.82, 2.24) is 4.98 Å². The highest BCUT2D eigenvalue weighted by Crippen LogP contribution is 2.27. The summed E-state index contributed by atoms with van der Waals surface area (Å²) in [5.74, 6) is -0.199. The summed E-state index contributed by atoms with van der Waals surface area (Å²) in [6.07, 6.45) is 0.994. The summed E-state index contributed by atoms with van der Waals surface area (Å²) in [6, 6.07) is 14.6. The molecule has 0 saturated heterocycles. The number of nitrogens with zero attached hydrogens (tertiary/aromatic N) is 1. The van der Waals surface area contributed by atoms with Crippen LogP contribution in [0.4, 0.5) is 0 Å². The molecule has 1 aromatic heterocycles. The van der Waals surface area contributed by atoms with Crippen LogP contribution >= 0.6 is 11.3 Å². The van der Waals surface area contributed by atoms with Gasteiger partial charge in [-0.05, 0) is 16.8 Å². The first-order valence-corrected chi connectivity index (χ1v) is 7.64. The fourth-order valence-corrected chi connectivity index (χ4v) is 3.06. The van der Waals surface area contributed by atoms with Crippen LogP contribution < -0.4 is 0 Å². The number of ether oxygens (including phenoxy) is 1. The van der Waals surface area contributed by atoms with Gasteiger partial charge in [-0.15, -0.1) is 11.3 Å². The Hall–Kier alpha value is -2.20. The lowest BCUT2D eigenvalue weighted by atomic mass is 10.1. The lowest BCUT2D eigenvalue weighted by Gasteiger charge is -2.00. The van der Waals surface area contributed by atoms with E-state index in [1.54, 1.807) is 11.3 Å². The highest BCUT2D eigenvalue weighted by molar-refractivity contribution is 7.13. The van der Waals surface area contributed by atoms with Gasteiger partial charge < -0.3 is 4.74 Å². The van der Waals surface area contributed by atoms with Crippen LogP contribution in [0.1, 0.15) is 12.1 Å². The van der Waals surface area contributed by atoms with Crippen molar-refractivity contribution >= 4 is 28.1 Å². The van der Waals surface area contributed by atoms with Gasteiger partial charge in [0.2, 0.25) is 0 Å². The van der Waals surface area contributed by atoms with Crippen molar-refractivity contribution in [3.63, 3.8) is 0 Å². The molecule has 0 spiro atoms. The van der Waals surface area contributed by atoms with E-state index in [0.29, 0.717) is 12.8 Å². The minimum absolute atomic E-state index is 0.199. The van der Waals surface area contributed by atoms with E-state index in [1.807, 2.05) is 17.5 Å². The molecule has 3 aromatic rings. The molecule has 2 aromatic carbocycles. The molecule has 0 aliphatic rings. The predicted molar refractivity (Wildman–Crippen MR) is 85.4 cm³/mol. The van der Waals surface area contributed by atoms with Gasteiger partial charge in [-0.1, -0.05) is 36.4 Å². The number of carbonyl (C=O) groups is 1. The number of esters is 1. The van der Waals surface area contributed by atoms with Gasteiger partial charge in [0, 0.05) is 17.4 Å². The van der Waals surface area contributed by atoms with Crippen molar-refractivity contribution in [3.8, 4) is 10.6 Å². The molecule has 0 saturated carbocycles. The minimum Gasteiger partial charge on any atom is -0.469 e. The van der Waals surface area contributed by atoms with Crippen LogP contribution in [0.5, 0.6) is 0 Å². The largest absolute Gasteiger partial charge is 0.469 e. The first-order chi connectivity index (χ1) is 10.3. The minimum atomic E-state index is -0.199. The number of aryl methyl sites for hydroxylation is 1. The quantitative estimate of drug-likeness (QED) is 0.681. The molecule has 0 fully saturated rings. The van der Waals surface area contributed by atoms with E-state index in [4.69, 9.17) is 0 Å². The zero-order valence-electron chi connectivity index (χ0n) is 11.7. The molecule has 3 rings (SSSR count). The Morgan fingerprint density at radius 1 is 1.19 bits per heavy atom. The maximum Gasteiger partial charge on any atom is 0.305 e. The number of benzene rings is 2. The van der Waals surface area contributed by atoms with Crippen LogP contribution in [0.3, 0.4) is 0 Å². The van der Waals surface area contributed by atoms with Crippen LogP contribution in [-0.4, -0.2) is 18.1 Å². The lowest BCUT2D eigenvalue weighted by Crippen LogP contribution is -2.01. The van der Waals surface area contributed by atoms with Gasteiger partial charge in [0.1, 0.15) is 5.01 Å². The average molecular weight is 297 g/mol. The third-order valence-electron chi connectivity index (χ3n) is 3.36. The fraction of sp³-hybridized carbons (Fsp3) is 0.176. The second-order valence-corrected chi connectivity index (χ2v) is 5.64. The van der Waals surface area contributed by atoms with Crippen molar-refractivity contribution in [3.05, 3.63) is 53.5 Å². The number of thiazole rings is 1. The molecule has 0 amide bonds. The Balaban J connectivity index is 1.82. The maximum atomic E-state index is 11.2. The topological polar surface area (TPSA) is 39.2 Å². The van der Waals surface area contributed by atoms with E-state index in [2.05, 4.69) is 40.1 Å². The molecule has 0 bridgehead atoms. The van der Waals surface area contributed by atoms with Gasteiger partial charge >= 0.3 is 5.97 Å². The summed E-state index contributed by atoms with van der Waals surface area (Å²) in [5.41, 5.74) is 2.05. The summed E-state index contributed by atoms with van der Waals surface area (Å²) < 4.78 is 4.65. The molecule has 0 unspecified atom stereocenters. The highest BCUT2D eigenvalue weighted by atomic mass is 32.1. The molecule has 4 heteroatoms. The summed E-state index contributed by atoms with van der Waals surface area (Å²) in [6.45, 7) is 0. The molecular formula is C17H15NO2S. The van der Waals surface area contributed by atoms with Gasteiger partial charge in [-0.25, -0.2) is 4.98 Å². The lowest BCUT2D eigenvalue weighted by molar-refractivity contribution is -0.140. The van der Waals surface area contributed by atoms with E-state index >= 15 is 0 Å². The Morgan fingerprint density at radius 2 is 2.00 bits per heavy atom. The molecule has 106 valence electrons. The number of hydrogen-bond donors (Lipinski definition) is 0. The van der Waals surface area contributed by atoms with Gasteiger partial charge in [-0.2, -0.15) is 0 Å². The van der Waals surface area contributed by atoms with Crippen LogP contribution in [0, 0.1) is 0 Å². The molecule has 0 atom stereocenters. The van der Waals surface area contributed by atoms with Crippen molar-refractivity contribution in [2.45, 2.75) is 12.8 Å². The molecule has 3 nitrogen and oxygen atoms in total. The van der Waals surface area contributed by atoms with Crippen LogP contribution in [0.25, 0.3) is 21.3 Å². The van der Waals surface area contributed by atoms with Gasteiger partial charge in [0.05, 0.1) is 19.2 Å². The van der Waals surface area contributed by atoms with Crippen molar-refractivity contribution in [2.24, 2.45) is 0 Å². The summed E-state index contributed by atoms with van der Waals surface area (Å²) in [5, 5.41) is 5.43. The van der Waals surface area contributed by atoms with Crippen molar-refractivity contribution in [2.75, 3.05) is 7.11 Å². The zero-order valence-corrected chi connectivity index (χ0v) is 12.5. The number of carbonyl (C=O) groups excluding carboxylic acids is 1. The van der Waals surface area contributed by atoms with Crippen LogP contribution in [-0.2, 0) is 16.0 Å². The third-order valence-corrected chi connectivity index (χ3v) is 4.30. The van der Waals surface area contributed by atoms with Crippen molar-refractivity contribution < 1.29 is 9.53 Å². The summed E-state index contributed by atoms with van der Waals surface area (Å²) in [7, 11) is 1.41. The van der Waals surface area contributed by atoms with E-state index in [0.717, 1.165) is 16.3 Å². The van der Waals surface area contributed by atoms with Crippen LogP contribution in [0.2, 0.25) is 0 Å². The van der Waals surface area contributed by atoms with Crippen molar-refractivity contribution in [1.29, 1.82) is 0 Å². The summed E-state index contributed by atoms with van der Waals surface area (Å²) in [4.78, 5) is 15.8. The highest BCUT2D eigenvalue weighted by Gasteiger charge is 2.08. The number of aromatic nitrogens is 1. The van der Waals surface area contributed by atoms with Gasteiger partial charge in [0.15, 0.2) is 0 Å². The van der Waals surface area contributed by atoms with E-state index in [1.165, 1.54) is 17.9 Å². The van der Waals surface area contributed by atoms with E-state index < -0.39 is 0 Å². The Morgan fingerprint density at radius 3 is 2.81 bits per heavy atom. The Kier molecular flexibility index (Phi) is 3.97. The van der Waals surface area contributed by atoms with Gasteiger partial charge in [0.25, 0.3) is 0 Å². The molecule has 0 aliphatic carbocycles. The summed E-state index contributed by atoms with van der Waals surface area (Å²) >= 11 is 1.61. The molecule has 0 N–H and O–H groups in total. The Labute approximate surface area is 127 Å². The Bertz CT molecular complexity index is 779. The third kappa shape index (κ3) is 3.11. The predicted octanol–water partition coefficient (Wildman–Crippen LogP) is 4.07. The standard InChI is InChI=1S/C17H15NO2S/c1-20-16(19)9-8-15-11-21-17(18-15)14-7-6-12-4-2-3-5-13(12)10-14/h2-7,10-11H,8-9H2,1H3. The molecule has 1 heterocycles. The maximum absolute atomic E-state index is 11.2.